The zero-order valence-corrected chi connectivity index (χ0v) is 11.1. The largest absolute Gasteiger partial charge is 0.394 e. The van der Waals surface area contributed by atoms with Crippen LogP contribution in [0.3, 0.4) is 0 Å². The lowest BCUT2D eigenvalue weighted by Gasteiger charge is -2.54. The number of ether oxygens (including phenoxy) is 2. The van der Waals surface area contributed by atoms with E-state index in [1.54, 1.807) is 0 Å². The molecule has 5 nitrogen and oxygen atoms in total. The van der Waals surface area contributed by atoms with Gasteiger partial charge >= 0.3 is 0 Å². The second kappa shape index (κ2) is 3.90. The van der Waals surface area contributed by atoms with E-state index in [4.69, 9.17) is 14.6 Å². The summed E-state index contributed by atoms with van der Waals surface area (Å²) in [4.78, 5) is 0. The molecule has 0 bridgehead atoms. The minimum Gasteiger partial charge on any atom is -0.394 e. The molecule has 0 aromatic carbocycles. The van der Waals surface area contributed by atoms with Gasteiger partial charge in [-0.05, 0) is 27.7 Å². The third kappa shape index (κ3) is 2.22. The molecule has 2 aliphatic rings. The molecule has 2 aliphatic heterocycles. The van der Waals surface area contributed by atoms with Crippen molar-refractivity contribution in [3.63, 3.8) is 0 Å². The predicted molar refractivity (Wildman–Crippen MR) is 61.7 cm³/mol. The molecule has 2 saturated heterocycles. The summed E-state index contributed by atoms with van der Waals surface area (Å²) < 4.78 is 11.6. The first-order chi connectivity index (χ1) is 7.71. The van der Waals surface area contributed by atoms with E-state index in [2.05, 4.69) is 0 Å². The van der Waals surface area contributed by atoms with E-state index in [0.717, 1.165) is 0 Å². The van der Waals surface area contributed by atoms with Crippen LogP contribution in [0.1, 0.15) is 40.5 Å². The van der Waals surface area contributed by atoms with Crippen LogP contribution in [0.4, 0.5) is 0 Å². The normalized spacial score (nSPS) is 35.3. The summed E-state index contributed by atoms with van der Waals surface area (Å²) in [6.07, 6.45) is 0.944. The Hall–Kier alpha value is -0.200. The average molecular weight is 245 g/mol. The van der Waals surface area contributed by atoms with Gasteiger partial charge in [0.2, 0.25) is 0 Å². The summed E-state index contributed by atoms with van der Waals surface area (Å²) in [6.45, 7) is 8.27. The molecule has 2 heterocycles. The number of aliphatic hydroxyl groups is 1. The Balaban J connectivity index is 2.22. The SMILES string of the molecule is CC1(C)CC2(CC(C)(C)N1O)OC[C@@H](CO)O2. The van der Waals surface area contributed by atoms with E-state index in [9.17, 15) is 5.21 Å². The first kappa shape index (κ1) is 13.2. The minimum atomic E-state index is -0.667. The summed E-state index contributed by atoms with van der Waals surface area (Å²) in [7, 11) is 0. The monoisotopic (exact) mass is 245 g/mol. The maximum absolute atomic E-state index is 10.2. The Labute approximate surface area is 102 Å². The average Bonchev–Trinajstić information content (AvgIpc) is 2.56. The number of aliphatic hydroxyl groups excluding tert-OH is 1. The summed E-state index contributed by atoms with van der Waals surface area (Å²) in [5, 5.41) is 20.7. The molecule has 0 amide bonds. The van der Waals surface area contributed by atoms with Gasteiger partial charge in [-0.2, -0.15) is 5.06 Å². The second-order valence-electron chi connectivity index (χ2n) is 6.43. The van der Waals surface area contributed by atoms with E-state index >= 15 is 0 Å². The number of hydrogen-bond acceptors (Lipinski definition) is 5. The van der Waals surface area contributed by atoms with Gasteiger partial charge in [0.1, 0.15) is 6.10 Å². The van der Waals surface area contributed by atoms with Crippen molar-refractivity contribution in [2.45, 2.75) is 63.5 Å². The highest BCUT2D eigenvalue weighted by Gasteiger charge is 2.56. The fourth-order valence-electron chi connectivity index (χ4n) is 3.24. The molecule has 0 aliphatic carbocycles. The van der Waals surface area contributed by atoms with Crippen LogP contribution in [0.2, 0.25) is 0 Å². The van der Waals surface area contributed by atoms with Crippen molar-refractivity contribution >= 4 is 0 Å². The van der Waals surface area contributed by atoms with Gasteiger partial charge in [0.25, 0.3) is 0 Å². The van der Waals surface area contributed by atoms with Crippen LogP contribution in [-0.2, 0) is 9.47 Å². The van der Waals surface area contributed by atoms with Crippen molar-refractivity contribution in [2.75, 3.05) is 13.2 Å². The Bertz CT molecular complexity index is 285. The molecule has 0 unspecified atom stereocenters. The molecule has 17 heavy (non-hydrogen) atoms. The quantitative estimate of drug-likeness (QED) is 0.725. The molecule has 1 spiro atoms. The van der Waals surface area contributed by atoms with E-state index in [1.165, 1.54) is 5.06 Å². The molecular formula is C12H23NO4. The highest BCUT2D eigenvalue weighted by molar-refractivity contribution is 5.02. The van der Waals surface area contributed by atoms with Crippen LogP contribution >= 0.6 is 0 Å². The smallest absolute Gasteiger partial charge is 0.172 e. The van der Waals surface area contributed by atoms with Gasteiger partial charge in [0, 0.05) is 23.9 Å². The minimum absolute atomic E-state index is 0.0224. The van der Waals surface area contributed by atoms with Crippen molar-refractivity contribution in [1.29, 1.82) is 0 Å². The van der Waals surface area contributed by atoms with Crippen molar-refractivity contribution in [1.82, 2.24) is 5.06 Å². The van der Waals surface area contributed by atoms with E-state index in [1.807, 2.05) is 27.7 Å². The fourth-order valence-corrected chi connectivity index (χ4v) is 3.24. The van der Waals surface area contributed by atoms with E-state index in [0.29, 0.717) is 19.4 Å². The van der Waals surface area contributed by atoms with Gasteiger partial charge in [0.15, 0.2) is 5.79 Å². The molecule has 0 radical (unpaired) electrons. The number of nitrogens with zero attached hydrogens (tertiary/aromatic N) is 1. The highest BCUT2D eigenvalue weighted by atomic mass is 16.7. The van der Waals surface area contributed by atoms with Gasteiger partial charge in [0.05, 0.1) is 13.2 Å². The molecule has 0 aromatic rings. The van der Waals surface area contributed by atoms with Crippen molar-refractivity contribution in [2.24, 2.45) is 0 Å². The third-order valence-electron chi connectivity index (χ3n) is 3.67. The highest BCUT2D eigenvalue weighted by Crippen LogP contribution is 2.47. The van der Waals surface area contributed by atoms with E-state index < -0.39 is 16.9 Å². The lowest BCUT2D eigenvalue weighted by atomic mass is 9.78. The Morgan fingerprint density at radius 3 is 2.12 bits per heavy atom. The summed E-state index contributed by atoms with van der Waals surface area (Å²) in [5.74, 6) is -0.667. The molecule has 0 aromatic heterocycles. The molecule has 2 fully saturated rings. The van der Waals surface area contributed by atoms with Crippen LogP contribution in [-0.4, -0.2) is 51.6 Å². The van der Waals surface area contributed by atoms with Crippen LogP contribution in [0.5, 0.6) is 0 Å². The molecule has 0 saturated carbocycles. The lowest BCUT2D eigenvalue weighted by molar-refractivity contribution is -0.318. The zero-order chi connectivity index (χ0) is 12.9. The first-order valence-electron chi connectivity index (χ1n) is 6.13. The maximum Gasteiger partial charge on any atom is 0.172 e. The van der Waals surface area contributed by atoms with Crippen LogP contribution < -0.4 is 0 Å². The zero-order valence-electron chi connectivity index (χ0n) is 11.1. The molecule has 1 atom stereocenters. The summed E-state index contributed by atoms with van der Waals surface area (Å²) >= 11 is 0. The molecular weight excluding hydrogens is 222 g/mol. The predicted octanol–water partition coefficient (Wildman–Crippen LogP) is 1.13. The standard InChI is InChI=1S/C12H23NO4/c1-10(2)7-12(8-11(3,4)13(10)15)16-6-9(5-14)17-12/h9,14-15H,5-8H2,1-4H3/t9-/m1/s1. The summed E-state index contributed by atoms with van der Waals surface area (Å²) in [6, 6.07) is 0. The Morgan fingerprint density at radius 1 is 1.18 bits per heavy atom. The van der Waals surface area contributed by atoms with Gasteiger partial charge in [-0.15, -0.1) is 0 Å². The number of rotatable bonds is 1. The van der Waals surface area contributed by atoms with Crippen LogP contribution in [0.25, 0.3) is 0 Å². The first-order valence-corrected chi connectivity index (χ1v) is 6.13. The Kier molecular flexibility index (Phi) is 3.03. The van der Waals surface area contributed by atoms with Crippen molar-refractivity contribution in [3.05, 3.63) is 0 Å². The topological polar surface area (TPSA) is 62.2 Å². The van der Waals surface area contributed by atoms with Gasteiger partial charge in [-0.25, -0.2) is 0 Å². The molecule has 5 heteroatoms. The third-order valence-corrected chi connectivity index (χ3v) is 3.67. The molecule has 100 valence electrons. The molecule has 2 N–H and O–H groups in total. The van der Waals surface area contributed by atoms with Gasteiger partial charge in [-0.3, -0.25) is 0 Å². The van der Waals surface area contributed by atoms with Gasteiger partial charge < -0.3 is 19.8 Å². The number of piperidine rings is 1. The second-order valence-corrected chi connectivity index (χ2v) is 6.43. The van der Waals surface area contributed by atoms with E-state index in [-0.39, 0.29) is 12.7 Å². The number of hydrogen-bond donors (Lipinski definition) is 2. The van der Waals surface area contributed by atoms with Gasteiger partial charge in [-0.1, -0.05) is 0 Å². The fraction of sp³-hybridized carbons (Fsp3) is 1.00. The number of hydroxylamine groups is 2. The Morgan fingerprint density at radius 2 is 1.71 bits per heavy atom. The van der Waals surface area contributed by atoms with Crippen molar-refractivity contribution < 1.29 is 19.8 Å². The maximum atomic E-state index is 10.2. The van der Waals surface area contributed by atoms with Crippen LogP contribution in [0, 0.1) is 0 Å². The lowest BCUT2D eigenvalue weighted by Crippen LogP contribution is -2.64. The van der Waals surface area contributed by atoms with Crippen molar-refractivity contribution in [3.8, 4) is 0 Å². The summed E-state index contributed by atoms with van der Waals surface area (Å²) in [5.41, 5.74) is -0.821. The molecule has 2 rings (SSSR count). The van der Waals surface area contributed by atoms with Crippen LogP contribution in [0.15, 0.2) is 0 Å².